The van der Waals surface area contributed by atoms with Crippen molar-refractivity contribution in [2.45, 2.75) is 31.5 Å². The van der Waals surface area contributed by atoms with Crippen molar-refractivity contribution in [2.24, 2.45) is 5.92 Å². The Kier molecular flexibility index (Phi) is 1.24. The Morgan fingerprint density at radius 3 is 2.78 bits per heavy atom. The van der Waals surface area contributed by atoms with E-state index in [2.05, 4.69) is 0 Å². The lowest BCUT2D eigenvalue weighted by atomic mass is 10.0. The molecule has 2 rings (SSSR count). The SMILES string of the molecule is OC1C2CCOC1CC2. The molecule has 2 fully saturated rings. The van der Waals surface area contributed by atoms with Crippen molar-refractivity contribution in [2.75, 3.05) is 6.61 Å². The van der Waals surface area contributed by atoms with Crippen LogP contribution in [0, 0.1) is 5.92 Å². The molecular formula is C7H12O2. The molecule has 0 aromatic heterocycles. The van der Waals surface area contributed by atoms with Crippen molar-refractivity contribution in [1.82, 2.24) is 0 Å². The molecule has 1 aliphatic heterocycles. The highest BCUT2D eigenvalue weighted by molar-refractivity contribution is 4.88. The van der Waals surface area contributed by atoms with Crippen LogP contribution in [0.3, 0.4) is 0 Å². The van der Waals surface area contributed by atoms with Gasteiger partial charge in [0, 0.05) is 6.61 Å². The van der Waals surface area contributed by atoms with Crippen LogP contribution in [0.1, 0.15) is 19.3 Å². The lowest BCUT2D eigenvalue weighted by Gasteiger charge is -2.25. The third kappa shape index (κ3) is 0.775. The molecule has 1 saturated heterocycles. The fraction of sp³-hybridized carbons (Fsp3) is 1.00. The second kappa shape index (κ2) is 1.96. The molecule has 2 bridgehead atoms. The zero-order valence-electron chi connectivity index (χ0n) is 5.42. The molecule has 2 nitrogen and oxygen atoms in total. The van der Waals surface area contributed by atoms with Crippen LogP contribution in [0.4, 0.5) is 0 Å². The van der Waals surface area contributed by atoms with Gasteiger partial charge in [0.1, 0.15) is 0 Å². The van der Waals surface area contributed by atoms with Crippen molar-refractivity contribution >= 4 is 0 Å². The number of aliphatic hydroxyl groups is 1. The van der Waals surface area contributed by atoms with E-state index >= 15 is 0 Å². The molecule has 0 aromatic carbocycles. The van der Waals surface area contributed by atoms with E-state index < -0.39 is 0 Å². The smallest absolute Gasteiger partial charge is 0.0836 e. The highest BCUT2D eigenvalue weighted by Crippen LogP contribution is 2.34. The van der Waals surface area contributed by atoms with E-state index in [0.29, 0.717) is 5.92 Å². The number of aliphatic hydroxyl groups excluding tert-OH is 1. The monoisotopic (exact) mass is 128 g/mol. The van der Waals surface area contributed by atoms with E-state index in [1.807, 2.05) is 0 Å². The average molecular weight is 128 g/mol. The van der Waals surface area contributed by atoms with E-state index in [1.54, 1.807) is 0 Å². The quantitative estimate of drug-likeness (QED) is 0.516. The van der Waals surface area contributed by atoms with Gasteiger partial charge in [-0.05, 0) is 25.2 Å². The van der Waals surface area contributed by atoms with Crippen LogP contribution >= 0.6 is 0 Å². The van der Waals surface area contributed by atoms with E-state index in [9.17, 15) is 5.11 Å². The number of hydrogen-bond donors (Lipinski definition) is 1. The van der Waals surface area contributed by atoms with Gasteiger partial charge in [0.25, 0.3) is 0 Å². The summed E-state index contributed by atoms with van der Waals surface area (Å²) in [6.07, 6.45) is 3.36. The van der Waals surface area contributed by atoms with Gasteiger partial charge in [-0.2, -0.15) is 0 Å². The molecule has 9 heavy (non-hydrogen) atoms. The Labute approximate surface area is 54.8 Å². The molecule has 1 saturated carbocycles. The molecule has 0 aromatic rings. The Morgan fingerprint density at radius 2 is 2.11 bits per heavy atom. The first kappa shape index (κ1) is 5.69. The number of hydrogen-bond acceptors (Lipinski definition) is 2. The standard InChI is InChI=1S/C7H12O2/c8-7-5-1-2-6(7)9-4-3-5/h5-8H,1-4H2. The van der Waals surface area contributed by atoms with Crippen molar-refractivity contribution in [3.63, 3.8) is 0 Å². The minimum absolute atomic E-state index is 0.140. The summed E-state index contributed by atoms with van der Waals surface area (Å²) in [5, 5.41) is 9.38. The molecular weight excluding hydrogens is 116 g/mol. The molecule has 1 N–H and O–H groups in total. The Balaban J connectivity index is 2.10. The lowest BCUT2D eigenvalue weighted by Crippen LogP contribution is -2.33. The van der Waals surface area contributed by atoms with E-state index in [4.69, 9.17) is 4.74 Å². The largest absolute Gasteiger partial charge is 0.390 e. The maximum absolute atomic E-state index is 9.38. The van der Waals surface area contributed by atoms with Crippen molar-refractivity contribution in [3.05, 3.63) is 0 Å². The normalized spacial score (nSPS) is 49.7. The molecule has 0 radical (unpaired) electrons. The first-order valence-corrected chi connectivity index (χ1v) is 3.67. The third-order valence-electron chi connectivity index (χ3n) is 2.51. The first-order chi connectivity index (χ1) is 4.38. The Morgan fingerprint density at radius 1 is 1.22 bits per heavy atom. The van der Waals surface area contributed by atoms with Crippen molar-refractivity contribution in [3.8, 4) is 0 Å². The van der Waals surface area contributed by atoms with E-state index in [1.165, 1.54) is 6.42 Å². The summed E-state index contributed by atoms with van der Waals surface area (Å²) in [7, 11) is 0. The van der Waals surface area contributed by atoms with E-state index in [0.717, 1.165) is 19.4 Å². The minimum atomic E-state index is -0.140. The van der Waals surface area contributed by atoms with Gasteiger partial charge < -0.3 is 9.84 Å². The number of fused-ring (bicyclic) bond motifs is 2. The third-order valence-corrected chi connectivity index (χ3v) is 2.51. The summed E-state index contributed by atoms with van der Waals surface area (Å²) < 4.78 is 5.33. The van der Waals surface area contributed by atoms with Crippen LogP contribution in [0.15, 0.2) is 0 Å². The molecule has 3 unspecified atom stereocenters. The van der Waals surface area contributed by atoms with Gasteiger partial charge in [-0.25, -0.2) is 0 Å². The van der Waals surface area contributed by atoms with Crippen molar-refractivity contribution < 1.29 is 9.84 Å². The predicted octanol–water partition coefficient (Wildman–Crippen LogP) is 0.546. The summed E-state index contributed by atoms with van der Waals surface area (Å²) in [5.41, 5.74) is 0. The van der Waals surface area contributed by atoms with Crippen molar-refractivity contribution in [1.29, 1.82) is 0 Å². The topological polar surface area (TPSA) is 29.5 Å². The van der Waals surface area contributed by atoms with Gasteiger partial charge in [0.2, 0.25) is 0 Å². The van der Waals surface area contributed by atoms with Crippen LogP contribution in [0.2, 0.25) is 0 Å². The molecule has 2 aliphatic rings. The maximum Gasteiger partial charge on any atom is 0.0836 e. The average Bonchev–Trinajstić information content (AvgIpc) is 2.19. The molecule has 0 amide bonds. The zero-order chi connectivity index (χ0) is 6.27. The van der Waals surface area contributed by atoms with Gasteiger partial charge in [-0.3, -0.25) is 0 Å². The zero-order valence-corrected chi connectivity index (χ0v) is 5.42. The Bertz CT molecular complexity index is 97.5. The van der Waals surface area contributed by atoms with Crippen LogP contribution in [0.25, 0.3) is 0 Å². The second-order valence-electron chi connectivity index (χ2n) is 3.03. The Hall–Kier alpha value is -0.0800. The molecule has 0 spiro atoms. The van der Waals surface area contributed by atoms with Gasteiger partial charge in [-0.15, -0.1) is 0 Å². The van der Waals surface area contributed by atoms with Gasteiger partial charge in [0.05, 0.1) is 12.2 Å². The number of rotatable bonds is 0. The summed E-state index contributed by atoms with van der Waals surface area (Å²) >= 11 is 0. The molecule has 52 valence electrons. The fourth-order valence-electron chi connectivity index (χ4n) is 1.89. The van der Waals surface area contributed by atoms with Crippen LogP contribution in [-0.2, 0) is 4.74 Å². The lowest BCUT2D eigenvalue weighted by molar-refractivity contribution is -0.0702. The maximum atomic E-state index is 9.38. The summed E-state index contributed by atoms with van der Waals surface area (Å²) in [6.45, 7) is 0.867. The highest BCUT2D eigenvalue weighted by Gasteiger charge is 2.38. The first-order valence-electron chi connectivity index (χ1n) is 3.67. The van der Waals surface area contributed by atoms with Crippen LogP contribution in [-0.4, -0.2) is 23.9 Å². The molecule has 1 heterocycles. The van der Waals surface area contributed by atoms with Gasteiger partial charge in [-0.1, -0.05) is 0 Å². The van der Waals surface area contributed by atoms with Crippen LogP contribution in [0.5, 0.6) is 0 Å². The summed E-state index contributed by atoms with van der Waals surface area (Å²) in [6, 6.07) is 0. The van der Waals surface area contributed by atoms with E-state index in [-0.39, 0.29) is 12.2 Å². The summed E-state index contributed by atoms with van der Waals surface area (Å²) in [5.74, 6) is 0.559. The molecule has 1 aliphatic carbocycles. The second-order valence-corrected chi connectivity index (χ2v) is 3.03. The number of ether oxygens (including phenoxy) is 1. The van der Waals surface area contributed by atoms with Gasteiger partial charge in [0.15, 0.2) is 0 Å². The van der Waals surface area contributed by atoms with Gasteiger partial charge >= 0.3 is 0 Å². The fourth-order valence-corrected chi connectivity index (χ4v) is 1.89. The molecule has 3 atom stereocenters. The summed E-state index contributed by atoms with van der Waals surface area (Å²) in [4.78, 5) is 0. The highest BCUT2D eigenvalue weighted by atomic mass is 16.5. The molecule has 2 heteroatoms. The minimum Gasteiger partial charge on any atom is -0.390 e. The predicted molar refractivity (Wildman–Crippen MR) is 33.1 cm³/mol. The van der Waals surface area contributed by atoms with Crippen LogP contribution < -0.4 is 0 Å².